The van der Waals surface area contributed by atoms with E-state index in [0.29, 0.717) is 22.9 Å². The maximum absolute atomic E-state index is 12.3. The zero-order chi connectivity index (χ0) is 14.8. The molecule has 0 saturated carbocycles. The molecule has 4 nitrogen and oxygen atoms in total. The molecule has 2 saturated heterocycles. The molecule has 5 heteroatoms. The molecule has 0 aromatic heterocycles. The molecule has 2 fully saturated rings. The highest BCUT2D eigenvalue weighted by Gasteiger charge is 2.31. The van der Waals surface area contributed by atoms with Crippen LogP contribution in [-0.2, 0) is 4.79 Å². The summed E-state index contributed by atoms with van der Waals surface area (Å²) >= 11 is 5.98. The van der Waals surface area contributed by atoms with E-state index in [4.69, 9.17) is 16.3 Å². The van der Waals surface area contributed by atoms with Crippen LogP contribution in [0, 0.1) is 6.92 Å². The molecule has 3 rings (SSSR count). The van der Waals surface area contributed by atoms with Gasteiger partial charge in [-0.1, -0.05) is 11.6 Å². The first-order valence-electron chi connectivity index (χ1n) is 7.54. The van der Waals surface area contributed by atoms with Crippen molar-refractivity contribution in [2.45, 2.75) is 38.3 Å². The van der Waals surface area contributed by atoms with E-state index in [1.54, 1.807) is 12.1 Å². The van der Waals surface area contributed by atoms with Gasteiger partial charge in [-0.05, 0) is 49.9 Å². The Labute approximate surface area is 130 Å². The number of aryl methyl sites for hydroxylation is 1. The lowest BCUT2D eigenvalue weighted by Crippen LogP contribution is -2.41. The van der Waals surface area contributed by atoms with Crippen molar-refractivity contribution in [1.82, 2.24) is 10.2 Å². The van der Waals surface area contributed by atoms with E-state index in [-0.39, 0.29) is 12.5 Å². The molecule has 2 bridgehead atoms. The Bertz CT molecular complexity index is 535. The van der Waals surface area contributed by atoms with Gasteiger partial charge in [0.15, 0.2) is 6.61 Å². The first-order valence-corrected chi connectivity index (χ1v) is 7.92. The topological polar surface area (TPSA) is 41.6 Å². The van der Waals surface area contributed by atoms with Gasteiger partial charge in [0.2, 0.25) is 0 Å². The Balaban J connectivity index is 1.55. The minimum absolute atomic E-state index is 0.0666. The molecule has 2 heterocycles. The van der Waals surface area contributed by atoms with Crippen molar-refractivity contribution in [3.05, 3.63) is 28.8 Å². The molecule has 1 aromatic carbocycles. The lowest BCUT2D eigenvalue weighted by molar-refractivity contribution is -0.133. The number of fused-ring (bicyclic) bond motifs is 2. The summed E-state index contributed by atoms with van der Waals surface area (Å²) in [4.78, 5) is 14.2. The van der Waals surface area contributed by atoms with Crippen molar-refractivity contribution in [3.63, 3.8) is 0 Å². The Morgan fingerprint density at radius 1 is 1.38 bits per heavy atom. The van der Waals surface area contributed by atoms with Gasteiger partial charge in [0.25, 0.3) is 5.91 Å². The molecular weight excluding hydrogens is 288 g/mol. The number of ether oxygens (including phenoxy) is 1. The lowest BCUT2D eigenvalue weighted by atomic mass is 10.1. The number of hydrogen-bond donors (Lipinski definition) is 1. The third-order valence-corrected chi connectivity index (χ3v) is 4.79. The van der Waals surface area contributed by atoms with Gasteiger partial charge in [-0.2, -0.15) is 0 Å². The molecule has 1 amide bonds. The minimum atomic E-state index is 0.0666. The maximum Gasteiger partial charge on any atom is 0.260 e. The molecule has 2 unspecified atom stereocenters. The van der Waals surface area contributed by atoms with Crippen LogP contribution in [0.4, 0.5) is 0 Å². The van der Waals surface area contributed by atoms with Crippen LogP contribution >= 0.6 is 11.6 Å². The summed E-state index contributed by atoms with van der Waals surface area (Å²) in [6.45, 7) is 3.65. The summed E-state index contributed by atoms with van der Waals surface area (Å²) in [5.74, 6) is 0.761. The molecule has 1 N–H and O–H groups in total. The zero-order valence-electron chi connectivity index (χ0n) is 12.3. The second-order valence-corrected chi connectivity index (χ2v) is 6.37. The number of hydrogen-bond acceptors (Lipinski definition) is 3. The van der Waals surface area contributed by atoms with E-state index >= 15 is 0 Å². The van der Waals surface area contributed by atoms with Crippen molar-refractivity contribution in [1.29, 1.82) is 0 Å². The third kappa shape index (κ3) is 3.50. The fourth-order valence-electron chi connectivity index (χ4n) is 3.11. The first kappa shape index (κ1) is 14.7. The van der Waals surface area contributed by atoms with Crippen LogP contribution in [0.25, 0.3) is 0 Å². The van der Waals surface area contributed by atoms with Crippen molar-refractivity contribution >= 4 is 17.5 Å². The van der Waals surface area contributed by atoms with Crippen molar-refractivity contribution in [3.8, 4) is 5.75 Å². The Hall–Kier alpha value is -1.26. The molecule has 2 aliphatic rings. The molecule has 2 aliphatic heterocycles. The van der Waals surface area contributed by atoms with Gasteiger partial charge < -0.3 is 15.0 Å². The molecule has 2 atom stereocenters. The summed E-state index contributed by atoms with van der Waals surface area (Å²) < 4.78 is 5.61. The smallest absolute Gasteiger partial charge is 0.260 e. The van der Waals surface area contributed by atoms with E-state index in [0.717, 1.165) is 25.1 Å². The van der Waals surface area contributed by atoms with Gasteiger partial charge in [0.1, 0.15) is 5.75 Å². The van der Waals surface area contributed by atoms with E-state index < -0.39 is 0 Å². The van der Waals surface area contributed by atoms with Crippen molar-refractivity contribution in [2.75, 3.05) is 19.7 Å². The van der Waals surface area contributed by atoms with Gasteiger partial charge >= 0.3 is 0 Å². The lowest BCUT2D eigenvalue weighted by Gasteiger charge is -2.24. The number of amides is 1. The molecule has 114 valence electrons. The Morgan fingerprint density at radius 3 is 3.00 bits per heavy atom. The van der Waals surface area contributed by atoms with Gasteiger partial charge in [-0.15, -0.1) is 0 Å². The normalized spacial score (nSPS) is 24.8. The van der Waals surface area contributed by atoms with Crippen LogP contribution in [0.3, 0.4) is 0 Å². The van der Waals surface area contributed by atoms with Crippen molar-refractivity contribution < 1.29 is 9.53 Å². The number of benzene rings is 1. The average Bonchev–Trinajstić information content (AvgIpc) is 2.79. The van der Waals surface area contributed by atoms with Gasteiger partial charge in [0, 0.05) is 30.2 Å². The quantitative estimate of drug-likeness (QED) is 0.932. The summed E-state index contributed by atoms with van der Waals surface area (Å²) in [6, 6.07) is 6.51. The summed E-state index contributed by atoms with van der Waals surface area (Å²) in [7, 11) is 0. The number of nitrogens with zero attached hydrogens (tertiary/aromatic N) is 1. The van der Waals surface area contributed by atoms with E-state index in [9.17, 15) is 4.79 Å². The zero-order valence-corrected chi connectivity index (χ0v) is 13.0. The number of rotatable bonds is 3. The van der Waals surface area contributed by atoms with E-state index in [1.165, 1.54) is 12.8 Å². The van der Waals surface area contributed by atoms with Crippen LogP contribution < -0.4 is 10.1 Å². The number of likely N-dealkylation sites (tertiary alicyclic amines) is 1. The number of carbonyl (C=O) groups is 1. The molecule has 0 radical (unpaired) electrons. The predicted molar refractivity (Wildman–Crippen MR) is 82.8 cm³/mol. The van der Waals surface area contributed by atoms with Gasteiger partial charge in [-0.3, -0.25) is 4.79 Å². The fourth-order valence-corrected chi connectivity index (χ4v) is 3.23. The van der Waals surface area contributed by atoms with E-state index in [2.05, 4.69) is 5.32 Å². The fraction of sp³-hybridized carbons (Fsp3) is 0.562. The highest BCUT2D eigenvalue weighted by molar-refractivity contribution is 6.31. The van der Waals surface area contributed by atoms with Gasteiger partial charge in [-0.25, -0.2) is 0 Å². The molecular formula is C16H21ClN2O2. The largest absolute Gasteiger partial charge is 0.484 e. The summed E-state index contributed by atoms with van der Waals surface area (Å²) in [6.07, 6.45) is 3.46. The summed E-state index contributed by atoms with van der Waals surface area (Å²) in [5.41, 5.74) is 0.956. The SMILES string of the molecule is Cc1cc(OCC(=O)N2CCC3CCC(C2)N3)ccc1Cl. The van der Waals surface area contributed by atoms with Gasteiger partial charge in [0.05, 0.1) is 0 Å². The van der Waals surface area contributed by atoms with Crippen LogP contribution in [-0.4, -0.2) is 42.6 Å². The highest BCUT2D eigenvalue weighted by atomic mass is 35.5. The molecule has 0 aliphatic carbocycles. The highest BCUT2D eigenvalue weighted by Crippen LogP contribution is 2.22. The number of nitrogens with one attached hydrogen (secondary N) is 1. The second kappa shape index (κ2) is 6.24. The van der Waals surface area contributed by atoms with Crippen LogP contribution in [0.1, 0.15) is 24.8 Å². The Morgan fingerprint density at radius 2 is 2.19 bits per heavy atom. The van der Waals surface area contributed by atoms with Crippen molar-refractivity contribution in [2.24, 2.45) is 0 Å². The molecule has 1 aromatic rings. The van der Waals surface area contributed by atoms with Crippen LogP contribution in [0.2, 0.25) is 5.02 Å². The first-order chi connectivity index (χ1) is 10.1. The predicted octanol–water partition coefficient (Wildman–Crippen LogP) is 2.38. The molecule has 0 spiro atoms. The van der Waals surface area contributed by atoms with Crippen LogP contribution in [0.5, 0.6) is 5.75 Å². The second-order valence-electron chi connectivity index (χ2n) is 5.97. The minimum Gasteiger partial charge on any atom is -0.484 e. The number of halogens is 1. The molecule has 21 heavy (non-hydrogen) atoms. The standard InChI is InChI=1S/C16H21ClN2O2/c1-11-8-14(4-5-15(11)17)21-10-16(20)19-7-6-12-2-3-13(9-19)18-12/h4-5,8,12-13,18H,2-3,6-7,9-10H2,1H3. The van der Waals surface area contributed by atoms with E-state index in [1.807, 2.05) is 17.9 Å². The Kier molecular flexibility index (Phi) is 4.36. The summed E-state index contributed by atoms with van der Waals surface area (Å²) in [5, 5.41) is 4.29. The number of carbonyl (C=O) groups excluding carboxylic acids is 1. The van der Waals surface area contributed by atoms with Crippen LogP contribution in [0.15, 0.2) is 18.2 Å². The third-order valence-electron chi connectivity index (χ3n) is 4.37. The maximum atomic E-state index is 12.3. The monoisotopic (exact) mass is 308 g/mol. The average molecular weight is 309 g/mol.